The summed E-state index contributed by atoms with van der Waals surface area (Å²) in [7, 11) is 0. The van der Waals surface area contributed by atoms with E-state index in [1.807, 2.05) is 0 Å². The largest absolute Gasteiger partial charge is 0.381 e. The Morgan fingerprint density at radius 1 is 1.36 bits per heavy atom. The molecule has 0 aromatic heterocycles. The Morgan fingerprint density at radius 3 is 2.71 bits per heavy atom. The van der Waals surface area contributed by atoms with E-state index in [9.17, 15) is 4.39 Å². The lowest BCUT2D eigenvalue weighted by atomic mass is 9.96. The van der Waals surface area contributed by atoms with Crippen molar-refractivity contribution in [2.75, 3.05) is 19.8 Å². The molecule has 2 heterocycles. The molecular weight excluding hydrogens is 181 g/mol. The van der Waals surface area contributed by atoms with Crippen LogP contribution in [0.2, 0.25) is 0 Å². The molecule has 0 bridgehead atoms. The van der Waals surface area contributed by atoms with Gasteiger partial charge in [0.2, 0.25) is 0 Å². The molecule has 0 amide bonds. The van der Waals surface area contributed by atoms with E-state index in [1.165, 1.54) is 0 Å². The highest BCUT2D eigenvalue weighted by atomic mass is 19.1. The van der Waals surface area contributed by atoms with Crippen molar-refractivity contribution in [3.05, 3.63) is 6.17 Å². The molecule has 2 aliphatic rings. The molecule has 1 atom stereocenters. The Balaban J connectivity index is 1.89. The van der Waals surface area contributed by atoms with Crippen molar-refractivity contribution in [1.29, 1.82) is 0 Å². The van der Waals surface area contributed by atoms with Crippen molar-refractivity contribution in [1.82, 2.24) is 4.90 Å². The molecule has 0 spiro atoms. The molecule has 2 aliphatic heterocycles. The molecule has 0 N–H and O–H groups in total. The van der Waals surface area contributed by atoms with Crippen molar-refractivity contribution in [3.63, 3.8) is 0 Å². The van der Waals surface area contributed by atoms with Crippen molar-refractivity contribution in [2.24, 2.45) is 0 Å². The molecule has 0 aliphatic carbocycles. The van der Waals surface area contributed by atoms with E-state index in [0.29, 0.717) is 24.9 Å². The lowest BCUT2D eigenvalue weighted by Crippen LogP contribution is -2.48. The maximum Gasteiger partial charge on any atom is 0.147 e. The van der Waals surface area contributed by atoms with Crippen molar-refractivity contribution >= 4 is 0 Å². The first-order valence-corrected chi connectivity index (χ1v) is 5.61. The SMILES string of the molecule is CC1C[C](F)CCN1C1CCOCC1. The van der Waals surface area contributed by atoms with Crippen LogP contribution in [0.4, 0.5) is 4.39 Å². The quantitative estimate of drug-likeness (QED) is 0.643. The van der Waals surface area contributed by atoms with E-state index >= 15 is 0 Å². The first-order chi connectivity index (χ1) is 6.77. The van der Waals surface area contributed by atoms with Gasteiger partial charge in [-0.1, -0.05) is 0 Å². The van der Waals surface area contributed by atoms with Crippen LogP contribution in [0, 0.1) is 6.17 Å². The molecule has 0 aromatic rings. The van der Waals surface area contributed by atoms with E-state index in [4.69, 9.17) is 4.74 Å². The minimum absolute atomic E-state index is 0.181. The number of hydrogen-bond donors (Lipinski definition) is 0. The third-order valence-corrected chi connectivity index (χ3v) is 3.38. The molecule has 2 rings (SSSR count). The minimum Gasteiger partial charge on any atom is -0.381 e. The number of nitrogens with zero attached hydrogens (tertiary/aromatic N) is 1. The van der Waals surface area contributed by atoms with Crippen LogP contribution in [0.3, 0.4) is 0 Å². The van der Waals surface area contributed by atoms with Gasteiger partial charge in [-0.15, -0.1) is 0 Å². The van der Waals surface area contributed by atoms with Crippen LogP contribution < -0.4 is 0 Å². The van der Waals surface area contributed by atoms with Gasteiger partial charge in [-0.05, 0) is 32.6 Å². The third kappa shape index (κ3) is 2.26. The van der Waals surface area contributed by atoms with Crippen LogP contribution in [0.25, 0.3) is 0 Å². The smallest absolute Gasteiger partial charge is 0.147 e. The van der Waals surface area contributed by atoms with Crippen molar-refractivity contribution < 1.29 is 9.13 Å². The van der Waals surface area contributed by atoms with Crippen molar-refractivity contribution in [3.8, 4) is 0 Å². The van der Waals surface area contributed by atoms with E-state index in [-0.39, 0.29) is 6.17 Å². The summed E-state index contributed by atoms with van der Waals surface area (Å²) < 4.78 is 18.4. The highest BCUT2D eigenvalue weighted by Gasteiger charge is 2.31. The number of ether oxygens (including phenoxy) is 1. The number of likely N-dealkylation sites (tertiary alicyclic amines) is 1. The highest BCUT2D eigenvalue weighted by Crippen LogP contribution is 2.29. The summed E-state index contributed by atoms with van der Waals surface area (Å²) in [4.78, 5) is 2.46. The summed E-state index contributed by atoms with van der Waals surface area (Å²) in [6.45, 7) is 4.78. The average Bonchev–Trinajstić information content (AvgIpc) is 2.19. The second kappa shape index (κ2) is 4.58. The Bertz CT molecular complexity index is 182. The Labute approximate surface area is 85.4 Å². The molecule has 2 nitrogen and oxygen atoms in total. The lowest BCUT2D eigenvalue weighted by molar-refractivity contribution is 0.00684. The van der Waals surface area contributed by atoms with Gasteiger partial charge < -0.3 is 4.74 Å². The van der Waals surface area contributed by atoms with E-state index in [2.05, 4.69) is 11.8 Å². The Kier molecular flexibility index (Phi) is 3.39. The fourth-order valence-electron chi connectivity index (χ4n) is 2.57. The van der Waals surface area contributed by atoms with Gasteiger partial charge in [0.1, 0.15) is 6.17 Å². The highest BCUT2D eigenvalue weighted by molar-refractivity contribution is 4.92. The predicted octanol–water partition coefficient (Wildman–Crippen LogP) is 2.15. The number of halogens is 1. The first-order valence-electron chi connectivity index (χ1n) is 5.61. The molecule has 2 saturated heterocycles. The summed E-state index contributed by atoms with van der Waals surface area (Å²) >= 11 is 0. The fraction of sp³-hybridized carbons (Fsp3) is 0.909. The molecule has 14 heavy (non-hydrogen) atoms. The topological polar surface area (TPSA) is 12.5 Å². The zero-order chi connectivity index (χ0) is 9.97. The monoisotopic (exact) mass is 200 g/mol. The van der Waals surface area contributed by atoms with Gasteiger partial charge in [-0.3, -0.25) is 4.90 Å². The number of rotatable bonds is 1. The summed E-state index contributed by atoms with van der Waals surface area (Å²) in [5.74, 6) is 0. The summed E-state index contributed by atoms with van der Waals surface area (Å²) in [6.07, 6.45) is 3.69. The van der Waals surface area contributed by atoms with Crippen LogP contribution in [0.15, 0.2) is 0 Å². The van der Waals surface area contributed by atoms with Crippen LogP contribution >= 0.6 is 0 Å². The van der Waals surface area contributed by atoms with Crippen molar-refractivity contribution in [2.45, 2.75) is 44.7 Å². The lowest BCUT2D eigenvalue weighted by Gasteiger charge is -2.41. The summed E-state index contributed by atoms with van der Waals surface area (Å²) in [5.41, 5.74) is 0. The standard InChI is InChI=1S/C11H19FNO/c1-9-8-10(12)2-5-13(9)11-3-6-14-7-4-11/h9,11H,2-8H2,1H3. The van der Waals surface area contributed by atoms with Crippen LogP contribution in [-0.2, 0) is 4.74 Å². The van der Waals surface area contributed by atoms with E-state index < -0.39 is 0 Å². The normalized spacial score (nSPS) is 33.4. The van der Waals surface area contributed by atoms with Gasteiger partial charge in [0, 0.05) is 31.8 Å². The second-order valence-electron chi connectivity index (χ2n) is 4.40. The molecule has 0 saturated carbocycles. The Hall–Kier alpha value is -0.150. The van der Waals surface area contributed by atoms with Crippen LogP contribution in [-0.4, -0.2) is 36.7 Å². The maximum atomic E-state index is 13.0. The van der Waals surface area contributed by atoms with Gasteiger partial charge in [0.05, 0.1) is 0 Å². The number of piperidine rings is 1. The zero-order valence-corrected chi connectivity index (χ0v) is 8.84. The fourth-order valence-corrected chi connectivity index (χ4v) is 2.57. The van der Waals surface area contributed by atoms with Gasteiger partial charge in [0.25, 0.3) is 0 Å². The summed E-state index contributed by atoms with van der Waals surface area (Å²) in [6, 6.07) is 1.01. The van der Waals surface area contributed by atoms with Crippen LogP contribution in [0.5, 0.6) is 0 Å². The Morgan fingerprint density at radius 2 is 2.07 bits per heavy atom. The van der Waals surface area contributed by atoms with Crippen LogP contribution in [0.1, 0.15) is 32.6 Å². The van der Waals surface area contributed by atoms with Gasteiger partial charge in [0.15, 0.2) is 0 Å². The first kappa shape index (κ1) is 10.4. The summed E-state index contributed by atoms with van der Waals surface area (Å²) in [5, 5.41) is 0. The number of hydrogen-bond acceptors (Lipinski definition) is 2. The third-order valence-electron chi connectivity index (χ3n) is 3.38. The van der Waals surface area contributed by atoms with Gasteiger partial charge in [-0.25, -0.2) is 4.39 Å². The predicted molar refractivity (Wildman–Crippen MR) is 53.6 cm³/mol. The molecule has 3 heteroatoms. The molecule has 81 valence electrons. The van der Waals surface area contributed by atoms with Gasteiger partial charge in [-0.2, -0.15) is 0 Å². The van der Waals surface area contributed by atoms with Gasteiger partial charge >= 0.3 is 0 Å². The average molecular weight is 200 g/mol. The minimum atomic E-state index is 0.181. The van der Waals surface area contributed by atoms with E-state index in [0.717, 1.165) is 32.6 Å². The van der Waals surface area contributed by atoms with E-state index in [1.54, 1.807) is 0 Å². The zero-order valence-electron chi connectivity index (χ0n) is 8.84. The molecular formula is C11H19FNO. The molecule has 2 fully saturated rings. The molecule has 1 radical (unpaired) electrons. The molecule has 0 aromatic carbocycles. The second-order valence-corrected chi connectivity index (χ2v) is 4.40. The maximum absolute atomic E-state index is 13.0. The molecule has 1 unspecified atom stereocenters.